The Morgan fingerprint density at radius 2 is 1.76 bits per heavy atom. The zero-order valence-corrected chi connectivity index (χ0v) is 19.1. The molecule has 1 N–H and O–H groups in total. The number of ether oxygens (including phenoxy) is 1. The topological polar surface area (TPSA) is 95.9 Å². The van der Waals surface area contributed by atoms with E-state index in [1.54, 1.807) is 41.3 Å². The fourth-order valence-electron chi connectivity index (χ4n) is 4.69. The zero-order valence-electron chi connectivity index (χ0n) is 17.6. The number of halogens is 2. The Morgan fingerprint density at radius 3 is 2.55 bits per heavy atom. The van der Waals surface area contributed by atoms with Crippen molar-refractivity contribution < 1.29 is 18.7 Å². The molecule has 33 heavy (non-hydrogen) atoms. The Bertz CT molecular complexity index is 1270. The predicted octanol–water partition coefficient (Wildman–Crippen LogP) is 4.16. The van der Waals surface area contributed by atoms with E-state index in [0.29, 0.717) is 58.8 Å². The van der Waals surface area contributed by atoms with Crippen LogP contribution in [0.3, 0.4) is 0 Å². The van der Waals surface area contributed by atoms with Gasteiger partial charge in [-0.15, -0.1) is 0 Å². The van der Waals surface area contributed by atoms with Crippen LogP contribution in [0.4, 0.5) is 4.79 Å². The summed E-state index contributed by atoms with van der Waals surface area (Å²) in [6, 6.07) is 9.99. The minimum atomic E-state index is -0.549. The second-order valence-corrected chi connectivity index (χ2v) is 9.40. The molecule has 2 atom stereocenters. The molecule has 10 heteroatoms. The molecular formula is C23H21Cl2N3O5. The molecule has 2 aliphatic heterocycles. The molecule has 2 fully saturated rings. The standard InChI is InChI=1S/C23H21Cl2N3O5/c24-17-5-13(6-18(25)8-17)12-32-23(31)27-4-3-15-9-28(11-16(15)10-27)21(29)14-1-2-19-20(7-14)33-22(30)26-19/h1-2,5-8,15-16H,3-4,9-12H2,(H,26,30)/t15-,16+/m0/s1. The zero-order chi connectivity index (χ0) is 23.1. The summed E-state index contributed by atoms with van der Waals surface area (Å²) >= 11 is 12.0. The number of piperidine rings is 1. The number of fused-ring (bicyclic) bond motifs is 2. The number of benzene rings is 2. The number of rotatable bonds is 3. The lowest BCUT2D eigenvalue weighted by Crippen LogP contribution is -2.43. The highest BCUT2D eigenvalue weighted by atomic mass is 35.5. The van der Waals surface area contributed by atoms with Gasteiger partial charge >= 0.3 is 11.8 Å². The van der Waals surface area contributed by atoms with Crippen LogP contribution in [-0.2, 0) is 11.3 Å². The maximum absolute atomic E-state index is 13.0. The molecule has 3 heterocycles. The van der Waals surface area contributed by atoms with Crippen LogP contribution in [0.25, 0.3) is 11.1 Å². The minimum Gasteiger partial charge on any atom is -0.445 e. The number of oxazole rings is 1. The van der Waals surface area contributed by atoms with Gasteiger partial charge in [0, 0.05) is 41.8 Å². The molecule has 0 unspecified atom stereocenters. The van der Waals surface area contributed by atoms with Crippen molar-refractivity contribution >= 4 is 46.3 Å². The van der Waals surface area contributed by atoms with Crippen molar-refractivity contribution in [1.29, 1.82) is 0 Å². The molecule has 0 saturated carbocycles. The molecule has 172 valence electrons. The van der Waals surface area contributed by atoms with E-state index in [0.717, 1.165) is 12.0 Å². The minimum absolute atomic E-state index is 0.0894. The maximum atomic E-state index is 13.0. The van der Waals surface area contributed by atoms with Crippen molar-refractivity contribution in [1.82, 2.24) is 14.8 Å². The first-order valence-electron chi connectivity index (χ1n) is 10.6. The van der Waals surface area contributed by atoms with Crippen molar-refractivity contribution in [2.24, 2.45) is 11.8 Å². The van der Waals surface area contributed by atoms with Crippen LogP contribution in [-0.4, -0.2) is 53.0 Å². The Hall–Kier alpha value is -2.97. The monoisotopic (exact) mass is 489 g/mol. The van der Waals surface area contributed by atoms with E-state index in [-0.39, 0.29) is 24.5 Å². The maximum Gasteiger partial charge on any atom is 0.417 e. The molecule has 0 aliphatic carbocycles. The number of aromatic nitrogens is 1. The van der Waals surface area contributed by atoms with Crippen LogP contribution >= 0.6 is 23.2 Å². The van der Waals surface area contributed by atoms with Gasteiger partial charge in [0.15, 0.2) is 5.58 Å². The largest absolute Gasteiger partial charge is 0.445 e. The average molecular weight is 490 g/mol. The van der Waals surface area contributed by atoms with E-state index in [2.05, 4.69) is 4.98 Å². The highest BCUT2D eigenvalue weighted by Crippen LogP contribution is 2.32. The molecule has 3 aromatic rings. The molecule has 0 radical (unpaired) electrons. The number of likely N-dealkylation sites (tertiary alicyclic amines) is 2. The summed E-state index contributed by atoms with van der Waals surface area (Å²) in [5.74, 6) is -0.141. The number of nitrogens with zero attached hydrogens (tertiary/aromatic N) is 2. The van der Waals surface area contributed by atoms with Gasteiger partial charge in [-0.05, 0) is 60.2 Å². The van der Waals surface area contributed by atoms with Gasteiger partial charge in [-0.25, -0.2) is 9.59 Å². The Kier molecular flexibility index (Phi) is 5.80. The van der Waals surface area contributed by atoms with Crippen LogP contribution in [0.1, 0.15) is 22.3 Å². The predicted molar refractivity (Wildman–Crippen MR) is 123 cm³/mol. The van der Waals surface area contributed by atoms with Crippen LogP contribution in [0.2, 0.25) is 10.0 Å². The van der Waals surface area contributed by atoms with Crippen LogP contribution < -0.4 is 5.76 Å². The number of carbonyl (C=O) groups excluding carboxylic acids is 2. The normalized spacial score (nSPS) is 20.2. The number of nitrogens with one attached hydrogen (secondary N) is 1. The molecule has 2 saturated heterocycles. The molecule has 1 aromatic heterocycles. The van der Waals surface area contributed by atoms with E-state index in [4.69, 9.17) is 32.4 Å². The number of amides is 2. The van der Waals surface area contributed by atoms with Gasteiger partial charge in [-0.3, -0.25) is 9.78 Å². The van der Waals surface area contributed by atoms with Crippen molar-refractivity contribution in [2.45, 2.75) is 13.0 Å². The second-order valence-electron chi connectivity index (χ2n) is 8.52. The second kappa shape index (κ2) is 8.76. The number of carbonyl (C=O) groups is 2. The number of aromatic amines is 1. The van der Waals surface area contributed by atoms with Crippen LogP contribution in [0.5, 0.6) is 0 Å². The third-order valence-electron chi connectivity index (χ3n) is 6.30. The number of H-pyrrole nitrogens is 1. The van der Waals surface area contributed by atoms with Gasteiger partial charge in [0.05, 0.1) is 5.52 Å². The van der Waals surface area contributed by atoms with Gasteiger partial charge in [0.25, 0.3) is 5.91 Å². The fourth-order valence-corrected chi connectivity index (χ4v) is 5.26. The number of hydrogen-bond acceptors (Lipinski definition) is 5. The summed E-state index contributed by atoms with van der Waals surface area (Å²) in [4.78, 5) is 43.1. The SMILES string of the molecule is O=C(OCc1cc(Cl)cc(Cl)c1)N1CC[C@H]2CN(C(=O)c3ccc4[nH]c(=O)oc4c3)C[C@H]2C1. The summed E-state index contributed by atoms with van der Waals surface area (Å²) < 4.78 is 10.5. The van der Waals surface area contributed by atoms with Crippen molar-refractivity contribution in [3.63, 3.8) is 0 Å². The van der Waals surface area contributed by atoms with Gasteiger partial charge in [0.1, 0.15) is 6.61 Å². The molecule has 8 nitrogen and oxygen atoms in total. The van der Waals surface area contributed by atoms with Gasteiger partial charge in [-0.2, -0.15) is 0 Å². The van der Waals surface area contributed by atoms with Crippen LogP contribution in [0.15, 0.2) is 45.6 Å². The smallest absolute Gasteiger partial charge is 0.417 e. The van der Waals surface area contributed by atoms with E-state index in [1.807, 2.05) is 4.90 Å². The third kappa shape index (κ3) is 4.58. The van der Waals surface area contributed by atoms with Gasteiger partial charge in [0.2, 0.25) is 0 Å². The Balaban J connectivity index is 1.19. The quantitative estimate of drug-likeness (QED) is 0.595. The fraction of sp³-hybridized carbons (Fsp3) is 0.348. The van der Waals surface area contributed by atoms with E-state index < -0.39 is 5.76 Å². The molecular weight excluding hydrogens is 469 g/mol. The van der Waals surface area contributed by atoms with Crippen molar-refractivity contribution in [2.75, 3.05) is 26.2 Å². The molecule has 0 bridgehead atoms. The summed E-state index contributed by atoms with van der Waals surface area (Å²) in [6.45, 7) is 2.41. The van der Waals surface area contributed by atoms with E-state index in [1.165, 1.54) is 0 Å². The summed E-state index contributed by atoms with van der Waals surface area (Å²) in [6.07, 6.45) is 0.417. The van der Waals surface area contributed by atoms with Crippen LogP contribution in [0, 0.1) is 11.8 Å². The lowest BCUT2D eigenvalue weighted by molar-refractivity contribution is 0.0729. The molecule has 2 aromatic carbocycles. The Morgan fingerprint density at radius 1 is 1.03 bits per heavy atom. The average Bonchev–Trinajstić information content (AvgIpc) is 3.37. The van der Waals surface area contributed by atoms with Gasteiger partial charge < -0.3 is 19.0 Å². The Labute approximate surface area is 199 Å². The molecule has 2 amide bonds. The van der Waals surface area contributed by atoms with E-state index >= 15 is 0 Å². The molecule has 0 spiro atoms. The summed E-state index contributed by atoms with van der Waals surface area (Å²) in [7, 11) is 0. The lowest BCUT2D eigenvalue weighted by atomic mass is 9.89. The highest BCUT2D eigenvalue weighted by molar-refractivity contribution is 6.34. The third-order valence-corrected chi connectivity index (χ3v) is 6.74. The lowest BCUT2D eigenvalue weighted by Gasteiger charge is -2.33. The number of hydrogen-bond donors (Lipinski definition) is 1. The first-order chi connectivity index (χ1) is 15.9. The van der Waals surface area contributed by atoms with Crippen molar-refractivity contribution in [3.05, 3.63) is 68.1 Å². The molecule has 5 rings (SSSR count). The van der Waals surface area contributed by atoms with E-state index in [9.17, 15) is 14.4 Å². The summed E-state index contributed by atoms with van der Waals surface area (Å²) in [5, 5.41) is 0.978. The van der Waals surface area contributed by atoms with Gasteiger partial charge in [-0.1, -0.05) is 23.2 Å². The summed E-state index contributed by atoms with van der Waals surface area (Å²) in [5.41, 5.74) is 2.11. The first-order valence-corrected chi connectivity index (χ1v) is 11.4. The van der Waals surface area contributed by atoms with Crippen molar-refractivity contribution in [3.8, 4) is 0 Å². The highest BCUT2D eigenvalue weighted by Gasteiger charge is 2.40. The first kappa shape index (κ1) is 21.9. The molecule has 2 aliphatic rings.